The van der Waals surface area contributed by atoms with E-state index in [1.165, 1.54) is 32.4 Å². The van der Waals surface area contributed by atoms with Crippen LogP contribution in [0.3, 0.4) is 0 Å². The number of benzene rings is 2. The Labute approximate surface area is 154 Å². The summed E-state index contributed by atoms with van der Waals surface area (Å²) < 4.78 is 25.7. The van der Waals surface area contributed by atoms with Gasteiger partial charge in [0.25, 0.3) is 0 Å². The Bertz CT molecular complexity index is 863. The number of hydrogen-bond acceptors (Lipinski definition) is 7. The fourth-order valence-electron chi connectivity index (χ4n) is 2.41. The summed E-state index contributed by atoms with van der Waals surface area (Å²) in [5.41, 5.74) is 0.410. The second kappa shape index (κ2) is 7.53. The first-order valence-electron chi connectivity index (χ1n) is 7.55. The van der Waals surface area contributed by atoms with Gasteiger partial charge in [0.05, 0.1) is 30.4 Å². The molecule has 2 aromatic rings. The number of rotatable bonds is 6. The number of hydrogen-bond donors (Lipinski definition) is 0. The van der Waals surface area contributed by atoms with Crippen LogP contribution in [0.5, 0.6) is 23.0 Å². The lowest BCUT2D eigenvalue weighted by Gasteiger charge is -2.10. The second-order valence-corrected chi connectivity index (χ2v) is 5.66. The average molecular weight is 379 g/mol. The van der Waals surface area contributed by atoms with E-state index in [9.17, 15) is 9.59 Å². The van der Waals surface area contributed by atoms with Crippen molar-refractivity contribution in [2.45, 2.75) is 0 Å². The molecule has 0 amide bonds. The van der Waals surface area contributed by atoms with E-state index in [2.05, 4.69) is 0 Å². The molecule has 1 heterocycles. The molecule has 0 saturated carbocycles. The summed E-state index contributed by atoms with van der Waals surface area (Å²) in [6.45, 7) is -0.434. The molecule has 8 heteroatoms. The minimum absolute atomic E-state index is 0.0294. The molecular weight excluding hydrogens is 364 g/mol. The first-order valence-corrected chi connectivity index (χ1v) is 7.92. The Morgan fingerprint density at radius 1 is 1.12 bits per heavy atom. The molecule has 0 unspecified atom stereocenters. The van der Waals surface area contributed by atoms with Crippen LogP contribution in [0.4, 0.5) is 0 Å². The Kier molecular flexibility index (Phi) is 5.18. The lowest BCUT2D eigenvalue weighted by Crippen LogP contribution is -2.15. The van der Waals surface area contributed by atoms with Crippen LogP contribution < -0.4 is 18.9 Å². The molecule has 7 nitrogen and oxygen atoms in total. The highest BCUT2D eigenvalue weighted by Gasteiger charge is 2.22. The van der Waals surface area contributed by atoms with Gasteiger partial charge in [-0.15, -0.1) is 0 Å². The van der Waals surface area contributed by atoms with E-state index in [4.69, 9.17) is 35.3 Å². The third-order valence-electron chi connectivity index (χ3n) is 3.70. The molecule has 0 N–H and O–H groups in total. The molecule has 26 heavy (non-hydrogen) atoms. The van der Waals surface area contributed by atoms with Gasteiger partial charge < -0.3 is 23.7 Å². The van der Waals surface area contributed by atoms with Gasteiger partial charge in [-0.25, -0.2) is 4.79 Å². The first kappa shape index (κ1) is 17.9. The lowest BCUT2D eigenvalue weighted by molar-refractivity contribution is 0.0473. The third-order valence-corrected chi connectivity index (χ3v) is 3.99. The zero-order valence-corrected chi connectivity index (χ0v) is 14.8. The standard InChI is InChI=1S/C18H15ClO7/c1-22-11-3-4-15(23-2)12(7-11)14(20)8-24-18(21)10-5-13(19)17-16(6-10)25-9-26-17/h3-7H,8-9H2,1-2H3. The van der Waals surface area contributed by atoms with Crippen molar-refractivity contribution in [2.75, 3.05) is 27.6 Å². The van der Waals surface area contributed by atoms with E-state index in [1.54, 1.807) is 12.1 Å². The number of esters is 1. The summed E-state index contributed by atoms with van der Waals surface area (Å²) in [7, 11) is 2.93. The van der Waals surface area contributed by atoms with Gasteiger partial charge in [-0.2, -0.15) is 0 Å². The number of ketones is 1. The van der Waals surface area contributed by atoms with Crippen LogP contribution in [0.15, 0.2) is 30.3 Å². The number of carbonyl (C=O) groups excluding carboxylic acids is 2. The highest BCUT2D eigenvalue weighted by molar-refractivity contribution is 6.32. The molecule has 2 aromatic carbocycles. The van der Waals surface area contributed by atoms with Gasteiger partial charge in [0.1, 0.15) is 11.5 Å². The zero-order chi connectivity index (χ0) is 18.7. The summed E-state index contributed by atoms with van der Waals surface area (Å²) in [5.74, 6) is 0.438. The maximum Gasteiger partial charge on any atom is 0.338 e. The zero-order valence-electron chi connectivity index (χ0n) is 14.0. The van der Waals surface area contributed by atoms with Crippen LogP contribution in [-0.2, 0) is 4.74 Å². The smallest absolute Gasteiger partial charge is 0.338 e. The third kappa shape index (κ3) is 3.52. The van der Waals surface area contributed by atoms with Gasteiger partial charge in [-0.05, 0) is 30.3 Å². The predicted molar refractivity (Wildman–Crippen MR) is 91.7 cm³/mol. The molecule has 0 aromatic heterocycles. The molecule has 136 valence electrons. The van der Waals surface area contributed by atoms with Crippen molar-refractivity contribution in [2.24, 2.45) is 0 Å². The molecule has 0 atom stereocenters. The fraction of sp³-hybridized carbons (Fsp3) is 0.222. The Morgan fingerprint density at radius 3 is 2.65 bits per heavy atom. The molecule has 1 aliphatic heterocycles. The van der Waals surface area contributed by atoms with Gasteiger partial charge in [-0.3, -0.25) is 4.79 Å². The Morgan fingerprint density at radius 2 is 1.92 bits per heavy atom. The van der Waals surface area contributed by atoms with Gasteiger partial charge >= 0.3 is 5.97 Å². The molecule has 0 radical (unpaired) electrons. The molecule has 0 bridgehead atoms. The van der Waals surface area contributed by atoms with Crippen molar-refractivity contribution in [3.8, 4) is 23.0 Å². The predicted octanol–water partition coefficient (Wildman–Crippen LogP) is 3.13. The van der Waals surface area contributed by atoms with E-state index in [-0.39, 0.29) is 22.9 Å². The van der Waals surface area contributed by atoms with Crippen LogP contribution in [0.2, 0.25) is 5.02 Å². The summed E-state index contributed by atoms with van der Waals surface area (Å²) in [6.07, 6.45) is 0. The lowest BCUT2D eigenvalue weighted by atomic mass is 10.1. The van der Waals surface area contributed by atoms with Gasteiger partial charge in [0.15, 0.2) is 18.1 Å². The minimum Gasteiger partial charge on any atom is -0.497 e. The Balaban J connectivity index is 1.72. The summed E-state index contributed by atoms with van der Waals surface area (Å²) in [6, 6.07) is 7.63. The number of fused-ring (bicyclic) bond motifs is 1. The van der Waals surface area contributed by atoms with Gasteiger partial charge in [0, 0.05) is 0 Å². The number of ether oxygens (including phenoxy) is 5. The summed E-state index contributed by atoms with van der Waals surface area (Å²) in [5, 5.41) is 0.229. The van der Waals surface area contributed by atoms with Crippen LogP contribution in [0, 0.1) is 0 Å². The van der Waals surface area contributed by atoms with E-state index < -0.39 is 18.4 Å². The van der Waals surface area contributed by atoms with Gasteiger partial charge in [-0.1, -0.05) is 11.6 Å². The highest BCUT2D eigenvalue weighted by atomic mass is 35.5. The molecule has 0 saturated heterocycles. The van der Waals surface area contributed by atoms with Crippen LogP contribution in [0.1, 0.15) is 20.7 Å². The van der Waals surface area contributed by atoms with Crippen molar-refractivity contribution in [3.63, 3.8) is 0 Å². The summed E-state index contributed by atoms with van der Waals surface area (Å²) in [4.78, 5) is 24.6. The van der Waals surface area contributed by atoms with Crippen molar-refractivity contribution in [3.05, 3.63) is 46.5 Å². The molecular formula is C18H15ClO7. The monoisotopic (exact) mass is 378 g/mol. The number of Topliss-reactive ketones (excluding diaryl/α,β-unsaturated/α-hetero) is 1. The van der Waals surface area contributed by atoms with Crippen LogP contribution in [0.25, 0.3) is 0 Å². The van der Waals surface area contributed by atoms with E-state index in [0.717, 1.165) is 0 Å². The summed E-state index contributed by atoms with van der Waals surface area (Å²) >= 11 is 6.04. The largest absolute Gasteiger partial charge is 0.497 e. The number of methoxy groups -OCH3 is 2. The molecule has 0 spiro atoms. The number of carbonyl (C=O) groups is 2. The van der Waals surface area contributed by atoms with Crippen LogP contribution in [-0.4, -0.2) is 39.4 Å². The fourth-order valence-corrected chi connectivity index (χ4v) is 2.67. The van der Waals surface area contributed by atoms with Crippen LogP contribution >= 0.6 is 11.6 Å². The van der Waals surface area contributed by atoms with E-state index in [1.807, 2.05) is 0 Å². The topological polar surface area (TPSA) is 80.3 Å². The molecule has 0 fully saturated rings. The molecule has 3 rings (SSSR count). The SMILES string of the molecule is COc1ccc(OC)c(C(=O)COC(=O)c2cc(Cl)c3c(c2)OCO3)c1. The minimum atomic E-state index is -0.708. The Hall–Kier alpha value is -2.93. The van der Waals surface area contributed by atoms with E-state index in [0.29, 0.717) is 23.0 Å². The molecule has 0 aliphatic carbocycles. The second-order valence-electron chi connectivity index (χ2n) is 5.26. The first-order chi connectivity index (χ1) is 12.5. The van der Waals surface area contributed by atoms with Crippen molar-refractivity contribution < 1.29 is 33.3 Å². The maximum absolute atomic E-state index is 12.4. The quantitative estimate of drug-likeness (QED) is 0.564. The molecule has 1 aliphatic rings. The van der Waals surface area contributed by atoms with Crippen molar-refractivity contribution in [1.82, 2.24) is 0 Å². The average Bonchev–Trinajstić information content (AvgIpc) is 3.14. The number of halogens is 1. The normalized spacial score (nSPS) is 11.8. The maximum atomic E-state index is 12.4. The van der Waals surface area contributed by atoms with Crippen molar-refractivity contribution >= 4 is 23.4 Å². The van der Waals surface area contributed by atoms with Gasteiger partial charge in [0.2, 0.25) is 12.6 Å². The highest BCUT2D eigenvalue weighted by Crippen LogP contribution is 2.39. The van der Waals surface area contributed by atoms with Crippen molar-refractivity contribution in [1.29, 1.82) is 0 Å². The van der Waals surface area contributed by atoms with E-state index >= 15 is 0 Å².